The van der Waals surface area contributed by atoms with Crippen molar-refractivity contribution < 1.29 is 9.63 Å². The molecule has 0 atom stereocenters. The Bertz CT molecular complexity index is 412. The summed E-state index contributed by atoms with van der Waals surface area (Å²) in [6, 6.07) is 10.5. The summed E-state index contributed by atoms with van der Waals surface area (Å²) in [7, 11) is 0. The van der Waals surface area contributed by atoms with Gasteiger partial charge in [-0.05, 0) is 45.3 Å². The van der Waals surface area contributed by atoms with Gasteiger partial charge in [0.05, 0.1) is 6.10 Å². The monoisotopic (exact) mass is 276 g/mol. The van der Waals surface area contributed by atoms with Crippen LogP contribution in [0.25, 0.3) is 0 Å². The van der Waals surface area contributed by atoms with E-state index in [0.29, 0.717) is 0 Å². The van der Waals surface area contributed by atoms with Crippen LogP contribution in [0.1, 0.15) is 32.3 Å². The van der Waals surface area contributed by atoms with Crippen molar-refractivity contribution in [2.45, 2.75) is 39.3 Å². The lowest BCUT2D eigenvalue weighted by molar-refractivity contribution is -0.142. The van der Waals surface area contributed by atoms with E-state index in [1.807, 2.05) is 19.9 Å². The Morgan fingerprint density at radius 3 is 2.55 bits per heavy atom. The van der Waals surface area contributed by atoms with Gasteiger partial charge in [-0.15, -0.1) is 0 Å². The number of nitrogens with zero attached hydrogens (tertiary/aromatic N) is 1. The number of hydrogen-bond donors (Lipinski definition) is 1. The molecular formula is C16H24N2O2. The highest BCUT2D eigenvalue weighted by atomic mass is 16.7. The molecular weight excluding hydrogens is 252 g/mol. The number of piperidine rings is 1. The Morgan fingerprint density at radius 1 is 1.30 bits per heavy atom. The average Bonchev–Trinajstić information content (AvgIpc) is 2.46. The zero-order chi connectivity index (χ0) is 14.4. The minimum absolute atomic E-state index is 0.0251. The molecule has 4 heteroatoms. The third-order valence-corrected chi connectivity index (χ3v) is 3.60. The van der Waals surface area contributed by atoms with Crippen molar-refractivity contribution in [3.8, 4) is 0 Å². The highest BCUT2D eigenvalue weighted by molar-refractivity contribution is 5.77. The van der Waals surface area contributed by atoms with Gasteiger partial charge in [0.1, 0.15) is 0 Å². The van der Waals surface area contributed by atoms with Crippen molar-refractivity contribution in [3.63, 3.8) is 0 Å². The van der Waals surface area contributed by atoms with Crippen molar-refractivity contribution in [1.29, 1.82) is 0 Å². The van der Waals surface area contributed by atoms with Gasteiger partial charge in [0.25, 0.3) is 0 Å². The maximum Gasteiger partial charge on any atom is 0.246 e. The zero-order valence-electron chi connectivity index (χ0n) is 12.3. The van der Waals surface area contributed by atoms with Crippen LogP contribution in [0.15, 0.2) is 30.3 Å². The number of amides is 1. The van der Waals surface area contributed by atoms with E-state index in [0.717, 1.165) is 32.5 Å². The molecule has 0 spiro atoms. The first-order chi connectivity index (χ1) is 9.65. The molecule has 0 aliphatic carbocycles. The summed E-state index contributed by atoms with van der Waals surface area (Å²) >= 11 is 0. The van der Waals surface area contributed by atoms with Crippen LogP contribution < -0.4 is 5.48 Å². The molecule has 1 heterocycles. The van der Waals surface area contributed by atoms with Crippen molar-refractivity contribution in [2.75, 3.05) is 13.1 Å². The van der Waals surface area contributed by atoms with Crippen LogP contribution in [0, 0.1) is 5.92 Å². The number of hydroxylamine groups is 1. The normalized spacial score (nSPS) is 17.4. The Labute approximate surface area is 121 Å². The van der Waals surface area contributed by atoms with E-state index in [1.54, 1.807) is 0 Å². The Kier molecular flexibility index (Phi) is 5.56. The van der Waals surface area contributed by atoms with Gasteiger partial charge in [-0.25, -0.2) is 5.48 Å². The Hall–Kier alpha value is -1.39. The van der Waals surface area contributed by atoms with Crippen molar-refractivity contribution in [3.05, 3.63) is 35.9 Å². The van der Waals surface area contributed by atoms with Crippen LogP contribution in [0.4, 0.5) is 0 Å². The number of likely N-dealkylation sites (tertiary alicyclic amines) is 1. The summed E-state index contributed by atoms with van der Waals surface area (Å²) in [5.41, 5.74) is 3.89. The fraction of sp³-hybridized carbons (Fsp3) is 0.562. The second-order valence-corrected chi connectivity index (χ2v) is 5.67. The van der Waals surface area contributed by atoms with Crippen LogP contribution in [0.5, 0.6) is 0 Å². The van der Waals surface area contributed by atoms with Gasteiger partial charge in [-0.2, -0.15) is 0 Å². The molecule has 110 valence electrons. The van der Waals surface area contributed by atoms with E-state index in [-0.39, 0.29) is 17.9 Å². The van der Waals surface area contributed by atoms with Gasteiger partial charge < -0.3 is 0 Å². The first-order valence-corrected chi connectivity index (χ1v) is 7.37. The molecule has 1 saturated heterocycles. The molecule has 20 heavy (non-hydrogen) atoms. The zero-order valence-corrected chi connectivity index (χ0v) is 12.3. The lowest BCUT2D eigenvalue weighted by atomic mass is 9.96. The summed E-state index contributed by atoms with van der Waals surface area (Å²) in [6.07, 6.45) is 1.83. The molecule has 0 saturated carbocycles. The second-order valence-electron chi connectivity index (χ2n) is 5.67. The van der Waals surface area contributed by atoms with Crippen molar-refractivity contribution in [2.24, 2.45) is 5.92 Å². The van der Waals surface area contributed by atoms with E-state index in [2.05, 4.69) is 34.6 Å². The second kappa shape index (κ2) is 7.41. The summed E-state index contributed by atoms with van der Waals surface area (Å²) < 4.78 is 0. The van der Waals surface area contributed by atoms with Crippen LogP contribution in [-0.2, 0) is 16.2 Å². The molecule has 1 fully saturated rings. The minimum Gasteiger partial charge on any atom is -0.299 e. The molecule has 0 bridgehead atoms. The fourth-order valence-corrected chi connectivity index (χ4v) is 2.45. The van der Waals surface area contributed by atoms with Gasteiger partial charge in [0, 0.05) is 12.5 Å². The molecule has 1 aromatic carbocycles. The lowest BCUT2D eigenvalue weighted by Crippen LogP contribution is -2.40. The third-order valence-electron chi connectivity index (χ3n) is 3.60. The van der Waals surface area contributed by atoms with E-state index < -0.39 is 0 Å². The Morgan fingerprint density at radius 2 is 1.95 bits per heavy atom. The summed E-state index contributed by atoms with van der Waals surface area (Å²) in [4.78, 5) is 19.5. The van der Waals surface area contributed by atoms with Crippen LogP contribution in [0.3, 0.4) is 0 Å². The van der Waals surface area contributed by atoms with Gasteiger partial charge >= 0.3 is 0 Å². The van der Waals surface area contributed by atoms with Crippen LogP contribution >= 0.6 is 0 Å². The van der Waals surface area contributed by atoms with E-state index >= 15 is 0 Å². The van der Waals surface area contributed by atoms with Gasteiger partial charge in [0.2, 0.25) is 5.91 Å². The number of rotatable bonds is 5. The number of nitrogens with one attached hydrogen (secondary N) is 1. The quantitative estimate of drug-likeness (QED) is 0.839. The molecule has 1 N–H and O–H groups in total. The molecule has 0 unspecified atom stereocenters. The standard InChI is InChI=1S/C16H24N2O2/c1-13(2)20-17-16(19)15-8-10-18(11-9-15)12-14-6-4-3-5-7-14/h3-7,13,15H,8-12H2,1-2H3,(H,17,19). The highest BCUT2D eigenvalue weighted by Crippen LogP contribution is 2.19. The van der Waals surface area contributed by atoms with E-state index in [4.69, 9.17) is 4.84 Å². The number of carbonyl (C=O) groups excluding carboxylic acids is 1. The molecule has 0 aromatic heterocycles. The first-order valence-electron chi connectivity index (χ1n) is 7.37. The minimum atomic E-state index is 0.0251. The van der Waals surface area contributed by atoms with Gasteiger partial charge in [-0.3, -0.25) is 14.5 Å². The molecule has 1 aliphatic rings. The lowest BCUT2D eigenvalue weighted by Gasteiger charge is -2.31. The van der Waals surface area contributed by atoms with Crippen molar-refractivity contribution in [1.82, 2.24) is 10.4 Å². The molecule has 1 aliphatic heterocycles. The van der Waals surface area contributed by atoms with Crippen molar-refractivity contribution >= 4 is 5.91 Å². The molecule has 4 nitrogen and oxygen atoms in total. The topological polar surface area (TPSA) is 41.6 Å². The molecule has 1 aromatic rings. The predicted octanol–water partition coefficient (Wildman–Crippen LogP) is 2.35. The number of carbonyl (C=O) groups is 1. The van der Waals surface area contributed by atoms with E-state index in [1.165, 1.54) is 5.56 Å². The smallest absolute Gasteiger partial charge is 0.246 e. The Balaban J connectivity index is 1.73. The fourth-order valence-electron chi connectivity index (χ4n) is 2.45. The predicted molar refractivity (Wildman–Crippen MR) is 78.8 cm³/mol. The van der Waals surface area contributed by atoms with Crippen LogP contribution in [-0.4, -0.2) is 30.0 Å². The first kappa shape index (κ1) is 15.0. The number of benzene rings is 1. The highest BCUT2D eigenvalue weighted by Gasteiger charge is 2.25. The molecule has 1 amide bonds. The summed E-state index contributed by atoms with van der Waals surface area (Å²) in [6.45, 7) is 6.71. The molecule has 2 rings (SSSR count). The number of hydrogen-bond acceptors (Lipinski definition) is 3. The summed E-state index contributed by atoms with van der Waals surface area (Å²) in [5, 5.41) is 0. The summed E-state index contributed by atoms with van der Waals surface area (Å²) in [5.74, 6) is 0.110. The largest absolute Gasteiger partial charge is 0.299 e. The maximum atomic E-state index is 11.9. The van der Waals surface area contributed by atoms with Crippen LogP contribution in [0.2, 0.25) is 0 Å². The third kappa shape index (κ3) is 4.62. The maximum absolute atomic E-state index is 11.9. The van der Waals surface area contributed by atoms with Gasteiger partial charge in [0.15, 0.2) is 0 Å². The SMILES string of the molecule is CC(C)ONC(=O)C1CCN(Cc2ccccc2)CC1. The van der Waals surface area contributed by atoms with E-state index in [9.17, 15) is 4.79 Å². The van der Waals surface area contributed by atoms with Gasteiger partial charge in [-0.1, -0.05) is 30.3 Å². The average molecular weight is 276 g/mol. The molecule has 0 radical (unpaired) electrons.